The van der Waals surface area contributed by atoms with E-state index in [1.165, 1.54) is 0 Å². The van der Waals surface area contributed by atoms with Crippen molar-refractivity contribution in [2.45, 2.75) is 6.42 Å². The smallest absolute Gasteiger partial charge is 0.236 e. The van der Waals surface area contributed by atoms with Crippen LogP contribution in [0.3, 0.4) is 0 Å². The van der Waals surface area contributed by atoms with E-state index in [1.807, 2.05) is 0 Å². The molecule has 0 fully saturated rings. The van der Waals surface area contributed by atoms with Crippen molar-refractivity contribution < 1.29 is 4.79 Å². The van der Waals surface area contributed by atoms with Gasteiger partial charge in [0.25, 0.3) is 0 Å². The molecular formula is C8H6N2O. The molecule has 0 N–H and O–H groups in total. The van der Waals surface area contributed by atoms with E-state index in [4.69, 9.17) is 5.26 Å². The van der Waals surface area contributed by atoms with E-state index in [0.29, 0.717) is 0 Å². The summed E-state index contributed by atoms with van der Waals surface area (Å²) in [6.07, 6.45) is 3.37. The number of Topliss-reactive ketones (excluding diaryl/α,β-unsaturated/α-hetero) is 1. The van der Waals surface area contributed by atoms with Crippen LogP contribution in [0.2, 0.25) is 0 Å². The molecular weight excluding hydrogens is 140 g/mol. The second-order valence-electron chi connectivity index (χ2n) is 2.07. The van der Waals surface area contributed by atoms with Gasteiger partial charge in [-0.25, -0.2) is 0 Å². The molecule has 0 aliphatic heterocycles. The molecule has 0 unspecified atom stereocenters. The van der Waals surface area contributed by atoms with Gasteiger partial charge in [-0.3, -0.25) is 9.78 Å². The number of aromatic nitrogens is 1. The fourth-order valence-electron chi connectivity index (χ4n) is 0.726. The molecule has 0 aliphatic carbocycles. The van der Waals surface area contributed by atoms with Gasteiger partial charge in [-0.05, 0) is 17.7 Å². The molecule has 1 aromatic heterocycles. The topological polar surface area (TPSA) is 53.8 Å². The lowest BCUT2D eigenvalue weighted by atomic mass is 10.1. The zero-order valence-electron chi connectivity index (χ0n) is 5.82. The number of nitriles is 1. The van der Waals surface area contributed by atoms with Crippen molar-refractivity contribution in [1.82, 2.24) is 4.98 Å². The zero-order valence-corrected chi connectivity index (χ0v) is 5.82. The molecule has 1 heterocycles. The average Bonchev–Trinajstić information content (AvgIpc) is 2.06. The number of hydrogen-bond acceptors (Lipinski definition) is 3. The number of nitrogens with zero attached hydrogens (tertiary/aromatic N) is 2. The Bertz CT molecular complexity index is 287. The molecule has 0 radical (unpaired) electrons. The van der Waals surface area contributed by atoms with Crippen LogP contribution in [0.25, 0.3) is 0 Å². The number of carbonyl (C=O) groups is 1. The summed E-state index contributed by atoms with van der Waals surface area (Å²) >= 11 is 0. The molecule has 0 atom stereocenters. The lowest BCUT2D eigenvalue weighted by molar-refractivity contribution is -0.113. The van der Waals surface area contributed by atoms with E-state index < -0.39 is 5.78 Å². The Hall–Kier alpha value is -1.69. The Morgan fingerprint density at radius 3 is 2.73 bits per heavy atom. The summed E-state index contributed by atoms with van der Waals surface area (Å²) in [7, 11) is 0. The van der Waals surface area contributed by atoms with Crippen molar-refractivity contribution in [3.05, 3.63) is 30.1 Å². The van der Waals surface area contributed by atoms with Gasteiger partial charge in [-0.1, -0.05) is 0 Å². The van der Waals surface area contributed by atoms with Crippen LogP contribution in [0.4, 0.5) is 0 Å². The number of rotatable bonds is 2. The summed E-state index contributed by atoms with van der Waals surface area (Å²) in [6.45, 7) is 0. The first-order valence-corrected chi connectivity index (χ1v) is 3.15. The van der Waals surface area contributed by atoms with Crippen molar-refractivity contribution >= 4 is 5.78 Å². The van der Waals surface area contributed by atoms with Crippen molar-refractivity contribution in [1.29, 1.82) is 5.26 Å². The molecule has 54 valence electrons. The third-order valence-corrected chi connectivity index (χ3v) is 1.24. The minimum Gasteiger partial charge on any atom is -0.282 e. The van der Waals surface area contributed by atoms with E-state index in [2.05, 4.69) is 4.98 Å². The molecule has 0 saturated heterocycles. The molecule has 3 heteroatoms. The van der Waals surface area contributed by atoms with Gasteiger partial charge in [0.05, 0.1) is 0 Å². The number of hydrogen-bond donors (Lipinski definition) is 0. The first-order chi connectivity index (χ1) is 5.33. The zero-order chi connectivity index (χ0) is 8.10. The van der Waals surface area contributed by atoms with Gasteiger partial charge in [0.2, 0.25) is 5.78 Å². The summed E-state index contributed by atoms with van der Waals surface area (Å²) in [4.78, 5) is 14.4. The number of pyridine rings is 1. The van der Waals surface area contributed by atoms with Crippen LogP contribution >= 0.6 is 0 Å². The largest absolute Gasteiger partial charge is 0.282 e. The van der Waals surface area contributed by atoms with Crippen LogP contribution in [0.5, 0.6) is 0 Å². The molecule has 1 aromatic rings. The highest BCUT2D eigenvalue weighted by Crippen LogP contribution is 1.96. The SMILES string of the molecule is N#CC(=O)Cc1ccncc1. The van der Waals surface area contributed by atoms with E-state index >= 15 is 0 Å². The highest BCUT2D eigenvalue weighted by Gasteiger charge is 1.99. The lowest BCUT2D eigenvalue weighted by Gasteiger charge is -1.91. The maximum Gasteiger partial charge on any atom is 0.236 e. The first-order valence-electron chi connectivity index (χ1n) is 3.15. The van der Waals surface area contributed by atoms with Gasteiger partial charge in [0, 0.05) is 18.8 Å². The Balaban J connectivity index is 2.67. The molecule has 0 bridgehead atoms. The molecule has 11 heavy (non-hydrogen) atoms. The van der Waals surface area contributed by atoms with Gasteiger partial charge < -0.3 is 0 Å². The van der Waals surface area contributed by atoms with Crippen LogP contribution in [0.15, 0.2) is 24.5 Å². The lowest BCUT2D eigenvalue weighted by Crippen LogP contribution is -1.97. The van der Waals surface area contributed by atoms with Gasteiger partial charge >= 0.3 is 0 Å². The summed E-state index contributed by atoms with van der Waals surface area (Å²) in [5.74, 6) is -0.420. The second-order valence-corrected chi connectivity index (χ2v) is 2.07. The summed E-state index contributed by atoms with van der Waals surface area (Å²) in [6, 6.07) is 4.99. The molecule has 0 saturated carbocycles. The molecule has 0 spiro atoms. The van der Waals surface area contributed by atoms with Crippen molar-refractivity contribution in [2.24, 2.45) is 0 Å². The van der Waals surface area contributed by atoms with Crippen LogP contribution in [0, 0.1) is 11.3 Å². The van der Waals surface area contributed by atoms with Gasteiger partial charge in [0.15, 0.2) is 0 Å². The first kappa shape index (κ1) is 7.42. The predicted octanol–water partition coefficient (Wildman–Crippen LogP) is 0.717. The second kappa shape index (κ2) is 3.47. The molecule has 0 amide bonds. The van der Waals surface area contributed by atoms with E-state index in [1.54, 1.807) is 30.6 Å². The Morgan fingerprint density at radius 2 is 2.18 bits per heavy atom. The van der Waals surface area contributed by atoms with E-state index in [-0.39, 0.29) is 6.42 Å². The maximum atomic E-state index is 10.6. The Kier molecular flexibility index (Phi) is 2.34. The summed E-state index contributed by atoms with van der Waals surface area (Å²) in [5.41, 5.74) is 0.826. The van der Waals surface area contributed by atoms with Crippen molar-refractivity contribution in [3.63, 3.8) is 0 Å². The monoisotopic (exact) mass is 146 g/mol. The summed E-state index contributed by atoms with van der Waals surface area (Å²) in [5, 5.41) is 8.18. The Morgan fingerprint density at radius 1 is 1.55 bits per heavy atom. The fraction of sp³-hybridized carbons (Fsp3) is 0.125. The minimum absolute atomic E-state index is 0.180. The van der Waals surface area contributed by atoms with Crippen LogP contribution in [-0.4, -0.2) is 10.8 Å². The van der Waals surface area contributed by atoms with Gasteiger partial charge in [-0.2, -0.15) is 5.26 Å². The van der Waals surface area contributed by atoms with Crippen molar-refractivity contribution in [3.8, 4) is 6.07 Å². The number of ketones is 1. The average molecular weight is 146 g/mol. The third kappa shape index (κ3) is 2.18. The molecule has 0 aliphatic rings. The number of carbonyl (C=O) groups excluding carboxylic acids is 1. The quantitative estimate of drug-likeness (QED) is 0.577. The van der Waals surface area contributed by atoms with Crippen LogP contribution in [-0.2, 0) is 11.2 Å². The van der Waals surface area contributed by atoms with Crippen LogP contribution in [0.1, 0.15) is 5.56 Å². The van der Waals surface area contributed by atoms with Crippen molar-refractivity contribution in [2.75, 3.05) is 0 Å². The molecule has 1 rings (SSSR count). The third-order valence-electron chi connectivity index (χ3n) is 1.24. The molecule has 0 aromatic carbocycles. The summed E-state index contributed by atoms with van der Waals surface area (Å²) < 4.78 is 0. The van der Waals surface area contributed by atoms with E-state index in [9.17, 15) is 4.79 Å². The molecule has 3 nitrogen and oxygen atoms in total. The predicted molar refractivity (Wildman–Crippen MR) is 38.6 cm³/mol. The minimum atomic E-state index is -0.420. The van der Waals surface area contributed by atoms with Gasteiger partial charge in [-0.15, -0.1) is 0 Å². The fourth-order valence-corrected chi connectivity index (χ4v) is 0.726. The Labute approximate surface area is 64.3 Å². The maximum absolute atomic E-state index is 10.6. The van der Waals surface area contributed by atoms with Crippen LogP contribution < -0.4 is 0 Å². The standard InChI is InChI=1S/C8H6N2O/c9-6-8(11)5-7-1-3-10-4-2-7/h1-4H,5H2. The van der Waals surface area contributed by atoms with Gasteiger partial charge in [0.1, 0.15) is 6.07 Å². The normalized spacial score (nSPS) is 8.64. The van der Waals surface area contributed by atoms with E-state index in [0.717, 1.165) is 5.56 Å². The highest BCUT2D eigenvalue weighted by atomic mass is 16.1. The highest BCUT2D eigenvalue weighted by molar-refractivity contribution is 5.94.